The lowest BCUT2D eigenvalue weighted by atomic mass is 10.2. The smallest absolute Gasteiger partial charge is 0.310 e. The molecule has 20 heavy (non-hydrogen) atoms. The van der Waals surface area contributed by atoms with Crippen molar-refractivity contribution in [1.29, 1.82) is 0 Å². The van der Waals surface area contributed by atoms with Gasteiger partial charge in [0.1, 0.15) is 16.1 Å². The van der Waals surface area contributed by atoms with Gasteiger partial charge >= 0.3 is 5.69 Å². The molecule has 0 saturated heterocycles. The van der Waals surface area contributed by atoms with Crippen LogP contribution in [0, 0.1) is 10.1 Å². The summed E-state index contributed by atoms with van der Waals surface area (Å²) >= 11 is 0. The second-order valence-corrected chi connectivity index (χ2v) is 6.51. The third-order valence-electron chi connectivity index (χ3n) is 2.61. The largest absolute Gasteiger partial charge is 0.487 e. The van der Waals surface area contributed by atoms with Gasteiger partial charge < -0.3 is 4.74 Å². The molecule has 0 amide bonds. The van der Waals surface area contributed by atoms with Gasteiger partial charge in [-0.2, -0.15) is 0 Å². The molecule has 0 saturated carbocycles. The molecule has 0 atom stereocenters. The fraction of sp³-hybridized carbons (Fsp3) is 0.417. The van der Waals surface area contributed by atoms with Gasteiger partial charge in [-0.3, -0.25) is 14.9 Å². The molecule has 0 bridgehead atoms. The summed E-state index contributed by atoms with van der Waals surface area (Å²) in [7, 11) is -3.08. The quantitative estimate of drug-likeness (QED) is 0.313. The number of aldehydes is 1. The molecule has 0 N–H and O–H groups in total. The zero-order valence-corrected chi connectivity index (χ0v) is 11.8. The number of nitrogens with zero attached hydrogens (tertiary/aromatic N) is 1. The predicted molar refractivity (Wildman–Crippen MR) is 72.9 cm³/mol. The number of benzene rings is 1. The fourth-order valence-corrected chi connectivity index (χ4v) is 2.32. The summed E-state index contributed by atoms with van der Waals surface area (Å²) in [6, 6.07) is 3.76. The first-order valence-corrected chi connectivity index (χ1v) is 7.78. The number of carbonyl (C=O) groups excluding carboxylic acids is 1. The van der Waals surface area contributed by atoms with E-state index < -0.39 is 14.8 Å². The molecule has 0 unspecified atom stereocenters. The van der Waals surface area contributed by atoms with Gasteiger partial charge in [0.25, 0.3) is 0 Å². The number of hydrogen-bond acceptors (Lipinski definition) is 6. The van der Waals surface area contributed by atoms with Crippen LogP contribution in [0.1, 0.15) is 23.7 Å². The SMILES string of the molecule is CCS(=O)(=O)CCCOc1cc(C=O)ccc1[N+](=O)[O-]. The van der Waals surface area contributed by atoms with Crippen molar-refractivity contribution in [2.45, 2.75) is 13.3 Å². The van der Waals surface area contributed by atoms with Crippen LogP contribution in [0.5, 0.6) is 5.75 Å². The topological polar surface area (TPSA) is 104 Å². The Hall–Kier alpha value is -1.96. The van der Waals surface area contributed by atoms with Crippen molar-refractivity contribution in [3.05, 3.63) is 33.9 Å². The van der Waals surface area contributed by atoms with E-state index in [0.29, 0.717) is 6.29 Å². The Labute approximate surface area is 116 Å². The third-order valence-corrected chi connectivity index (χ3v) is 4.40. The first-order chi connectivity index (χ1) is 9.39. The average molecular weight is 301 g/mol. The monoisotopic (exact) mass is 301 g/mol. The van der Waals surface area contributed by atoms with Crippen LogP contribution in [-0.2, 0) is 9.84 Å². The lowest BCUT2D eigenvalue weighted by molar-refractivity contribution is -0.385. The Balaban J connectivity index is 2.71. The molecule has 7 nitrogen and oxygen atoms in total. The minimum absolute atomic E-state index is 0.0301. The lowest BCUT2D eigenvalue weighted by Crippen LogP contribution is -2.12. The Kier molecular flexibility index (Phi) is 5.63. The van der Waals surface area contributed by atoms with E-state index in [9.17, 15) is 23.3 Å². The second kappa shape index (κ2) is 6.99. The minimum Gasteiger partial charge on any atom is -0.487 e. The summed E-state index contributed by atoms with van der Waals surface area (Å²) in [4.78, 5) is 20.8. The molecule has 0 aromatic heterocycles. The normalized spacial score (nSPS) is 11.1. The maximum atomic E-state index is 11.3. The Morgan fingerprint density at radius 3 is 2.65 bits per heavy atom. The van der Waals surface area contributed by atoms with Crippen LogP contribution >= 0.6 is 0 Å². The number of nitro groups is 1. The molecule has 0 aliphatic rings. The van der Waals surface area contributed by atoms with E-state index in [0.717, 1.165) is 0 Å². The molecule has 0 aliphatic carbocycles. The molecular formula is C12H15NO6S. The van der Waals surface area contributed by atoms with Gasteiger partial charge in [-0.1, -0.05) is 6.92 Å². The number of sulfone groups is 1. The molecule has 0 aliphatic heterocycles. The zero-order chi connectivity index (χ0) is 15.2. The van der Waals surface area contributed by atoms with Crippen LogP contribution in [0.15, 0.2) is 18.2 Å². The molecule has 0 fully saturated rings. The zero-order valence-electron chi connectivity index (χ0n) is 10.9. The van der Waals surface area contributed by atoms with Crippen LogP contribution in [0.3, 0.4) is 0 Å². The van der Waals surface area contributed by atoms with E-state index >= 15 is 0 Å². The van der Waals surface area contributed by atoms with Crippen molar-refractivity contribution in [1.82, 2.24) is 0 Å². The summed E-state index contributed by atoms with van der Waals surface area (Å²) in [6.07, 6.45) is 0.788. The summed E-state index contributed by atoms with van der Waals surface area (Å²) in [5, 5.41) is 10.8. The van der Waals surface area contributed by atoms with E-state index in [2.05, 4.69) is 0 Å². The van der Waals surface area contributed by atoms with Crippen molar-refractivity contribution < 1.29 is 22.9 Å². The summed E-state index contributed by atoms with van der Waals surface area (Å²) < 4.78 is 27.8. The van der Waals surface area contributed by atoms with Gasteiger partial charge in [-0.15, -0.1) is 0 Å². The highest BCUT2D eigenvalue weighted by Gasteiger charge is 2.16. The number of hydrogen-bond donors (Lipinski definition) is 0. The van der Waals surface area contributed by atoms with Gasteiger partial charge in [0.05, 0.1) is 17.3 Å². The van der Waals surface area contributed by atoms with Crippen LogP contribution in [-0.4, -0.2) is 37.7 Å². The Morgan fingerprint density at radius 2 is 2.10 bits per heavy atom. The van der Waals surface area contributed by atoms with E-state index in [-0.39, 0.29) is 41.5 Å². The van der Waals surface area contributed by atoms with Crippen LogP contribution in [0.25, 0.3) is 0 Å². The first-order valence-electron chi connectivity index (χ1n) is 5.96. The molecule has 1 rings (SSSR count). The van der Waals surface area contributed by atoms with E-state index in [1.54, 1.807) is 6.92 Å². The van der Waals surface area contributed by atoms with Crippen molar-refractivity contribution in [3.8, 4) is 5.75 Å². The molecule has 110 valence electrons. The van der Waals surface area contributed by atoms with Crippen molar-refractivity contribution in [2.75, 3.05) is 18.1 Å². The predicted octanol–water partition coefficient (Wildman–Crippen LogP) is 1.61. The van der Waals surface area contributed by atoms with Gasteiger partial charge in [-0.25, -0.2) is 8.42 Å². The van der Waals surface area contributed by atoms with Crippen LogP contribution in [0.4, 0.5) is 5.69 Å². The molecule has 0 spiro atoms. The van der Waals surface area contributed by atoms with E-state index in [1.165, 1.54) is 18.2 Å². The number of ether oxygens (including phenoxy) is 1. The van der Waals surface area contributed by atoms with Crippen molar-refractivity contribution in [3.63, 3.8) is 0 Å². The lowest BCUT2D eigenvalue weighted by Gasteiger charge is -2.07. The van der Waals surface area contributed by atoms with Crippen LogP contribution in [0.2, 0.25) is 0 Å². The molecule has 0 radical (unpaired) electrons. The third kappa shape index (κ3) is 4.61. The van der Waals surface area contributed by atoms with Crippen molar-refractivity contribution >= 4 is 21.8 Å². The van der Waals surface area contributed by atoms with Gasteiger partial charge in [0.2, 0.25) is 0 Å². The summed E-state index contributed by atoms with van der Waals surface area (Å²) in [5.74, 6) is -0.0215. The molecule has 1 aromatic rings. The van der Waals surface area contributed by atoms with Crippen LogP contribution < -0.4 is 4.74 Å². The second-order valence-electron chi connectivity index (χ2n) is 4.04. The fourth-order valence-electron chi connectivity index (χ4n) is 1.48. The molecule has 1 aromatic carbocycles. The molecule has 0 heterocycles. The number of rotatable bonds is 8. The molecular weight excluding hydrogens is 286 g/mol. The molecule has 8 heteroatoms. The summed E-state index contributed by atoms with van der Waals surface area (Å²) in [6.45, 7) is 1.58. The average Bonchev–Trinajstić information content (AvgIpc) is 2.43. The maximum absolute atomic E-state index is 11.3. The standard InChI is InChI=1S/C12H15NO6S/c1-2-20(17,18)7-3-6-19-12-8-10(9-14)4-5-11(12)13(15)16/h4-5,8-9H,2-3,6-7H2,1H3. The maximum Gasteiger partial charge on any atom is 0.310 e. The van der Waals surface area contributed by atoms with E-state index in [1.807, 2.05) is 0 Å². The Morgan fingerprint density at radius 1 is 1.40 bits per heavy atom. The first kappa shape index (κ1) is 16.1. The van der Waals surface area contributed by atoms with E-state index in [4.69, 9.17) is 4.74 Å². The highest BCUT2D eigenvalue weighted by molar-refractivity contribution is 7.91. The van der Waals surface area contributed by atoms with Gasteiger partial charge in [0, 0.05) is 17.4 Å². The minimum atomic E-state index is -3.08. The van der Waals surface area contributed by atoms with Gasteiger partial charge in [-0.05, 0) is 18.6 Å². The van der Waals surface area contributed by atoms with Gasteiger partial charge in [0.15, 0.2) is 5.75 Å². The highest BCUT2D eigenvalue weighted by atomic mass is 32.2. The van der Waals surface area contributed by atoms with Crippen molar-refractivity contribution in [2.24, 2.45) is 0 Å². The Bertz CT molecular complexity index is 596. The highest BCUT2D eigenvalue weighted by Crippen LogP contribution is 2.27. The number of carbonyl (C=O) groups is 1. The summed E-state index contributed by atoms with van der Waals surface area (Å²) in [5.41, 5.74) is 0.000674. The number of nitro benzene ring substituents is 1.